The Hall–Kier alpha value is -0.940. The van der Waals surface area contributed by atoms with Gasteiger partial charge in [-0.3, -0.25) is 10.1 Å². The SMILES string of the molecule is CCCNC(CCc1ccc(Br)cc1[N+](=O)[O-])C(C)C. The average molecular weight is 343 g/mol. The molecule has 1 rings (SSSR count). The summed E-state index contributed by atoms with van der Waals surface area (Å²) in [5.41, 5.74) is 1.01. The lowest BCUT2D eigenvalue weighted by molar-refractivity contribution is -0.385. The van der Waals surface area contributed by atoms with E-state index in [0.29, 0.717) is 12.0 Å². The third-order valence-corrected chi connectivity index (χ3v) is 3.92. The van der Waals surface area contributed by atoms with E-state index in [9.17, 15) is 10.1 Å². The molecule has 0 fully saturated rings. The third-order valence-electron chi connectivity index (χ3n) is 3.43. The van der Waals surface area contributed by atoms with Gasteiger partial charge in [-0.2, -0.15) is 0 Å². The second-order valence-electron chi connectivity index (χ2n) is 5.37. The summed E-state index contributed by atoms with van der Waals surface area (Å²) in [4.78, 5) is 10.8. The van der Waals surface area contributed by atoms with Crippen molar-refractivity contribution in [3.05, 3.63) is 38.3 Å². The summed E-state index contributed by atoms with van der Waals surface area (Å²) in [6.07, 6.45) is 2.74. The summed E-state index contributed by atoms with van der Waals surface area (Å²) >= 11 is 3.29. The molecule has 0 aliphatic heterocycles. The normalized spacial score (nSPS) is 12.7. The minimum Gasteiger partial charge on any atom is -0.314 e. The maximum absolute atomic E-state index is 11.1. The predicted octanol–water partition coefficient (Wildman–Crippen LogP) is 4.31. The molecule has 1 aromatic carbocycles. The molecule has 1 unspecified atom stereocenters. The number of aryl methyl sites for hydroxylation is 1. The molecule has 1 N–H and O–H groups in total. The quantitative estimate of drug-likeness (QED) is 0.565. The van der Waals surface area contributed by atoms with Crippen LogP contribution in [-0.4, -0.2) is 17.5 Å². The molecule has 20 heavy (non-hydrogen) atoms. The molecule has 5 heteroatoms. The Morgan fingerprint density at radius 3 is 2.65 bits per heavy atom. The van der Waals surface area contributed by atoms with E-state index in [0.717, 1.165) is 35.8 Å². The molecule has 112 valence electrons. The summed E-state index contributed by atoms with van der Waals surface area (Å²) in [6, 6.07) is 5.70. The molecule has 0 saturated heterocycles. The Labute approximate surface area is 129 Å². The van der Waals surface area contributed by atoms with Gasteiger partial charge < -0.3 is 5.32 Å². The van der Waals surface area contributed by atoms with Gasteiger partial charge >= 0.3 is 0 Å². The number of nitro groups is 1. The fourth-order valence-corrected chi connectivity index (χ4v) is 2.58. The van der Waals surface area contributed by atoms with Gasteiger partial charge in [0.25, 0.3) is 5.69 Å². The molecule has 0 bridgehead atoms. The second-order valence-corrected chi connectivity index (χ2v) is 6.29. The molecule has 0 spiro atoms. The molecule has 1 aromatic rings. The zero-order chi connectivity index (χ0) is 15.1. The lowest BCUT2D eigenvalue weighted by Gasteiger charge is -2.22. The van der Waals surface area contributed by atoms with Crippen molar-refractivity contribution in [3.8, 4) is 0 Å². The fraction of sp³-hybridized carbons (Fsp3) is 0.600. The number of halogens is 1. The van der Waals surface area contributed by atoms with Crippen molar-refractivity contribution >= 4 is 21.6 Å². The smallest absolute Gasteiger partial charge is 0.273 e. The van der Waals surface area contributed by atoms with Crippen LogP contribution in [0, 0.1) is 16.0 Å². The van der Waals surface area contributed by atoms with Gasteiger partial charge in [-0.05, 0) is 37.8 Å². The first-order valence-corrected chi connectivity index (χ1v) is 7.91. The van der Waals surface area contributed by atoms with Crippen molar-refractivity contribution in [3.63, 3.8) is 0 Å². The number of hydrogen-bond acceptors (Lipinski definition) is 3. The Bertz CT molecular complexity index is 449. The van der Waals surface area contributed by atoms with Gasteiger partial charge in [-0.1, -0.05) is 42.8 Å². The molecular weight excluding hydrogens is 320 g/mol. The van der Waals surface area contributed by atoms with Crippen LogP contribution in [-0.2, 0) is 6.42 Å². The first-order chi connectivity index (χ1) is 9.45. The van der Waals surface area contributed by atoms with Crippen molar-refractivity contribution in [2.45, 2.75) is 46.1 Å². The summed E-state index contributed by atoms with van der Waals surface area (Å²) in [7, 11) is 0. The minimum absolute atomic E-state index is 0.206. The van der Waals surface area contributed by atoms with E-state index >= 15 is 0 Å². The van der Waals surface area contributed by atoms with Crippen LogP contribution in [0.25, 0.3) is 0 Å². The molecule has 0 amide bonds. The standard InChI is InChI=1S/C15H23BrN2O2/c1-4-9-17-14(11(2)3)8-6-12-5-7-13(16)10-15(12)18(19)20/h5,7,10-11,14,17H,4,6,8-9H2,1-3H3. The fourth-order valence-electron chi connectivity index (χ4n) is 2.23. The van der Waals surface area contributed by atoms with E-state index in [4.69, 9.17) is 0 Å². The topological polar surface area (TPSA) is 55.2 Å². The zero-order valence-electron chi connectivity index (χ0n) is 12.4. The maximum Gasteiger partial charge on any atom is 0.273 e. The lowest BCUT2D eigenvalue weighted by Crippen LogP contribution is -2.34. The largest absolute Gasteiger partial charge is 0.314 e. The van der Waals surface area contributed by atoms with Gasteiger partial charge in [0.1, 0.15) is 0 Å². The third kappa shape index (κ3) is 5.21. The van der Waals surface area contributed by atoms with E-state index in [1.165, 1.54) is 0 Å². The Kier molecular flexibility index (Phi) is 7.16. The molecule has 0 radical (unpaired) electrons. The molecule has 0 aliphatic rings. The van der Waals surface area contributed by atoms with Crippen LogP contribution >= 0.6 is 15.9 Å². The van der Waals surface area contributed by atoms with E-state index in [2.05, 4.69) is 42.0 Å². The number of rotatable bonds is 8. The van der Waals surface area contributed by atoms with Crippen molar-refractivity contribution in [2.75, 3.05) is 6.54 Å². The molecule has 0 saturated carbocycles. The van der Waals surface area contributed by atoms with Crippen LogP contribution in [0.4, 0.5) is 5.69 Å². The summed E-state index contributed by atoms with van der Waals surface area (Å²) in [5.74, 6) is 0.524. The van der Waals surface area contributed by atoms with Gasteiger partial charge in [0.05, 0.1) is 4.92 Å². The Balaban J connectivity index is 2.74. The summed E-state index contributed by atoms with van der Waals surface area (Å²) in [5, 5.41) is 14.6. The summed E-state index contributed by atoms with van der Waals surface area (Å²) in [6.45, 7) is 7.50. The Morgan fingerprint density at radius 2 is 2.10 bits per heavy atom. The van der Waals surface area contributed by atoms with Crippen molar-refractivity contribution in [2.24, 2.45) is 5.92 Å². The van der Waals surface area contributed by atoms with E-state index in [1.54, 1.807) is 6.07 Å². The van der Waals surface area contributed by atoms with Crippen LogP contribution in [0.3, 0.4) is 0 Å². The van der Waals surface area contributed by atoms with Crippen LogP contribution in [0.2, 0.25) is 0 Å². The van der Waals surface area contributed by atoms with Gasteiger partial charge in [0, 0.05) is 22.1 Å². The van der Waals surface area contributed by atoms with Gasteiger partial charge in [0.2, 0.25) is 0 Å². The van der Waals surface area contributed by atoms with Gasteiger partial charge in [-0.15, -0.1) is 0 Å². The molecule has 0 heterocycles. The highest BCUT2D eigenvalue weighted by atomic mass is 79.9. The predicted molar refractivity (Wildman–Crippen MR) is 86.0 cm³/mol. The zero-order valence-corrected chi connectivity index (χ0v) is 13.9. The highest BCUT2D eigenvalue weighted by Crippen LogP contribution is 2.25. The van der Waals surface area contributed by atoms with E-state index in [-0.39, 0.29) is 10.6 Å². The van der Waals surface area contributed by atoms with Crippen LogP contribution in [0.5, 0.6) is 0 Å². The van der Waals surface area contributed by atoms with Gasteiger partial charge in [0.15, 0.2) is 0 Å². The van der Waals surface area contributed by atoms with Crippen molar-refractivity contribution < 1.29 is 4.92 Å². The lowest BCUT2D eigenvalue weighted by atomic mass is 9.96. The highest BCUT2D eigenvalue weighted by molar-refractivity contribution is 9.10. The van der Waals surface area contributed by atoms with Crippen LogP contribution < -0.4 is 5.32 Å². The number of hydrogen-bond donors (Lipinski definition) is 1. The molecule has 0 aromatic heterocycles. The van der Waals surface area contributed by atoms with Crippen molar-refractivity contribution in [1.29, 1.82) is 0 Å². The van der Waals surface area contributed by atoms with Crippen molar-refractivity contribution in [1.82, 2.24) is 5.32 Å². The molecular formula is C15H23BrN2O2. The number of nitro benzene ring substituents is 1. The molecule has 4 nitrogen and oxygen atoms in total. The summed E-state index contributed by atoms with van der Waals surface area (Å²) < 4.78 is 0.748. The first-order valence-electron chi connectivity index (χ1n) is 7.11. The molecule has 1 atom stereocenters. The van der Waals surface area contributed by atoms with E-state index < -0.39 is 0 Å². The van der Waals surface area contributed by atoms with E-state index in [1.807, 2.05) is 12.1 Å². The number of nitrogens with zero attached hydrogens (tertiary/aromatic N) is 1. The monoisotopic (exact) mass is 342 g/mol. The van der Waals surface area contributed by atoms with Gasteiger partial charge in [-0.25, -0.2) is 0 Å². The van der Waals surface area contributed by atoms with Crippen LogP contribution in [0.15, 0.2) is 22.7 Å². The first kappa shape index (κ1) is 17.1. The Morgan fingerprint density at radius 1 is 1.40 bits per heavy atom. The highest BCUT2D eigenvalue weighted by Gasteiger charge is 2.17. The number of nitrogens with one attached hydrogen (secondary N) is 1. The number of benzene rings is 1. The molecule has 0 aliphatic carbocycles. The maximum atomic E-state index is 11.1. The second kappa shape index (κ2) is 8.37. The average Bonchev–Trinajstić information content (AvgIpc) is 2.39. The minimum atomic E-state index is -0.302. The van der Waals surface area contributed by atoms with Crippen LogP contribution in [0.1, 0.15) is 39.2 Å².